The summed E-state index contributed by atoms with van der Waals surface area (Å²) in [5.41, 5.74) is 3.55. The molecule has 0 bridgehead atoms. The molecule has 3 rings (SSSR count). The number of carbonyl (C=O) groups excluding carboxylic acids is 2. The van der Waals surface area contributed by atoms with Crippen molar-refractivity contribution in [3.05, 3.63) is 71.3 Å². The van der Waals surface area contributed by atoms with Crippen LogP contribution in [0.15, 0.2) is 54.6 Å². The molecule has 2 unspecified atom stereocenters. The van der Waals surface area contributed by atoms with Gasteiger partial charge in [0.05, 0.1) is 11.8 Å². The van der Waals surface area contributed by atoms with Crippen LogP contribution in [0.25, 0.3) is 0 Å². The van der Waals surface area contributed by atoms with Crippen LogP contribution in [0.4, 0.5) is 0 Å². The van der Waals surface area contributed by atoms with E-state index in [9.17, 15) is 9.59 Å². The van der Waals surface area contributed by atoms with Crippen molar-refractivity contribution in [3.63, 3.8) is 0 Å². The molecule has 0 saturated heterocycles. The molecule has 0 aromatic heterocycles. The summed E-state index contributed by atoms with van der Waals surface area (Å²) >= 11 is 0. The Kier molecular flexibility index (Phi) is 6.05. The minimum atomic E-state index is -0.172. The Hall–Kier alpha value is -2.62. The highest BCUT2D eigenvalue weighted by atomic mass is 16.2. The summed E-state index contributed by atoms with van der Waals surface area (Å²) in [6, 6.07) is 18.3. The van der Waals surface area contributed by atoms with Crippen molar-refractivity contribution in [1.82, 2.24) is 10.6 Å². The molecule has 1 fully saturated rings. The van der Waals surface area contributed by atoms with E-state index in [1.165, 1.54) is 11.1 Å². The lowest BCUT2D eigenvalue weighted by Gasteiger charge is -2.07. The largest absolute Gasteiger partial charge is 0.356 e. The van der Waals surface area contributed by atoms with E-state index in [4.69, 9.17) is 0 Å². The Morgan fingerprint density at radius 2 is 1.54 bits per heavy atom. The number of nitrogens with one attached hydrogen (secondary N) is 2. The van der Waals surface area contributed by atoms with Crippen LogP contribution in [0.5, 0.6) is 0 Å². The van der Waals surface area contributed by atoms with Crippen molar-refractivity contribution >= 4 is 11.8 Å². The second-order valence-electron chi connectivity index (χ2n) is 7.03. The summed E-state index contributed by atoms with van der Waals surface area (Å²) in [6.07, 6.45) is 2.52. The van der Waals surface area contributed by atoms with E-state index in [0.29, 0.717) is 19.5 Å². The van der Waals surface area contributed by atoms with Crippen molar-refractivity contribution < 1.29 is 9.59 Å². The van der Waals surface area contributed by atoms with Crippen molar-refractivity contribution in [2.75, 3.05) is 6.54 Å². The van der Waals surface area contributed by atoms with Gasteiger partial charge in [-0.2, -0.15) is 0 Å². The molecule has 4 nitrogen and oxygen atoms in total. The van der Waals surface area contributed by atoms with Gasteiger partial charge in [-0.3, -0.25) is 9.59 Å². The number of benzene rings is 2. The van der Waals surface area contributed by atoms with E-state index in [2.05, 4.69) is 22.8 Å². The van der Waals surface area contributed by atoms with Gasteiger partial charge in [-0.05, 0) is 37.3 Å². The van der Waals surface area contributed by atoms with Crippen LogP contribution >= 0.6 is 0 Å². The second-order valence-corrected chi connectivity index (χ2v) is 7.03. The Labute approximate surface area is 155 Å². The first-order valence-electron chi connectivity index (χ1n) is 9.28. The lowest BCUT2D eigenvalue weighted by Crippen LogP contribution is -2.30. The van der Waals surface area contributed by atoms with Crippen LogP contribution in [0, 0.1) is 18.8 Å². The standard InChI is InChI=1S/C22H26N2O2/c1-16-9-11-18(12-10-16)15-24-22(26)20-14-19(20)21(25)23-13-5-8-17-6-3-2-4-7-17/h2-4,6-7,9-12,19-20H,5,8,13-15H2,1H3,(H,23,25)(H,24,26). The minimum Gasteiger partial charge on any atom is -0.356 e. The fourth-order valence-electron chi connectivity index (χ4n) is 3.08. The molecule has 4 heteroatoms. The molecular formula is C22H26N2O2. The molecular weight excluding hydrogens is 324 g/mol. The average Bonchev–Trinajstić information content (AvgIpc) is 3.46. The zero-order valence-electron chi connectivity index (χ0n) is 15.2. The molecule has 2 aromatic rings. The van der Waals surface area contributed by atoms with Gasteiger partial charge in [0, 0.05) is 13.1 Å². The Morgan fingerprint density at radius 3 is 2.23 bits per heavy atom. The number of hydrogen-bond acceptors (Lipinski definition) is 2. The van der Waals surface area contributed by atoms with Crippen LogP contribution in [-0.2, 0) is 22.6 Å². The van der Waals surface area contributed by atoms with Gasteiger partial charge in [0.25, 0.3) is 0 Å². The minimum absolute atomic E-state index is 0.00791. The van der Waals surface area contributed by atoms with Crippen LogP contribution in [0.1, 0.15) is 29.5 Å². The highest BCUT2D eigenvalue weighted by Crippen LogP contribution is 2.38. The summed E-state index contributed by atoms with van der Waals surface area (Å²) in [7, 11) is 0. The van der Waals surface area contributed by atoms with Gasteiger partial charge < -0.3 is 10.6 Å². The van der Waals surface area contributed by atoms with E-state index in [1.807, 2.05) is 49.4 Å². The second kappa shape index (κ2) is 8.65. The van der Waals surface area contributed by atoms with E-state index >= 15 is 0 Å². The van der Waals surface area contributed by atoms with Crippen LogP contribution in [0.2, 0.25) is 0 Å². The quantitative estimate of drug-likeness (QED) is 0.719. The number of hydrogen-bond donors (Lipinski definition) is 2. The third kappa shape index (κ3) is 5.19. The van der Waals surface area contributed by atoms with Gasteiger partial charge in [-0.1, -0.05) is 60.2 Å². The first-order chi connectivity index (χ1) is 12.6. The molecule has 2 amide bonds. The Bertz CT molecular complexity index is 740. The topological polar surface area (TPSA) is 58.2 Å². The molecule has 0 heterocycles. The van der Waals surface area contributed by atoms with Gasteiger partial charge in [0.15, 0.2) is 0 Å². The van der Waals surface area contributed by atoms with E-state index in [0.717, 1.165) is 18.4 Å². The maximum absolute atomic E-state index is 12.2. The SMILES string of the molecule is Cc1ccc(CNC(=O)C2CC2C(=O)NCCCc2ccccc2)cc1. The number of rotatable bonds is 8. The molecule has 26 heavy (non-hydrogen) atoms. The van der Waals surface area contributed by atoms with Gasteiger partial charge in [-0.25, -0.2) is 0 Å². The smallest absolute Gasteiger partial charge is 0.224 e. The summed E-state index contributed by atoms with van der Waals surface area (Å²) < 4.78 is 0. The first kappa shape index (κ1) is 18.2. The fraction of sp³-hybridized carbons (Fsp3) is 0.364. The monoisotopic (exact) mass is 350 g/mol. The summed E-state index contributed by atoms with van der Waals surface area (Å²) in [6.45, 7) is 3.21. The Balaban J connectivity index is 1.33. The van der Waals surface area contributed by atoms with E-state index in [1.54, 1.807) is 0 Å². The zero-order chi connectivity index (χ0) is 18.4. The Morgan fingerprint density at radius 1 is 0.885 bits per heavy atom. The highest BCUT2D eigenvalue weighted by molar-refractivity contribution is 5.92. The molecule has 1 saturated carbocycles. The number of carbonyl (C=O) groups is 2. The fourth-order valence-corrected chi connectivity index (χ4v) is 3.08. The first-order valence-corrected chi connectivity index (χ1v) is 9.28. The molecule has 1 aliphatic carbocycles. The lowest BCUT2D eigenvalue weighted by atomic mass is 10.1. The molecule has 0 spiro atoms. The van der Waals surface area contributed by atoms with Crippen molar-refractivity contribution in [2.45, 2.75) is 32.7 Å². The van der Waals surface area contributed by atoms with Crippen molar-refractivity contribution in [2.24, 2.45) is 11.8 Å². The van der Waals surface area contributed by atoms with Crippen LogP contribution < -0.4 is 10.6 Å². The van der Waals surface area contributed by atoms with Crippen LogP contribution in [0.3, 0.4) is 0 Å². The molecule has 0 aliphatic heterocycles. The number of aryl methyl sites for hydroxylation is 2. The summed E-state index contributed by atoms with van der Waals surface area (Å²) in [4.78, 5) is 24.3. The van der Waals surface area contributed by atoms with Gasteiger partial charge >= 0.3 is 0 Å². The normalized spacial score (nSPS) is 18.2. The predicted octanol–water partition coefficient (Wildman–Crippen LogP) is 3.00. The van der Waals surface area contributed by atoms with E-state index < -0.39 is 0 Å². The van der Waals surface area contributed by atoms with Crippen molar-refractivity contribution in [3.8, 4) is 0 Å². The van der Waals surface area contributed by atoms with Gasteiger partial charge in [-0.15, -0.1) is 0 Å². The lowest BCUT2D eigenvalue weighted by molar-refractivity contribution is -0.127. The van der Waals surface area contributed by atoms with E-state index in [-0.39, 0.29) is 23.7 Å². The molecule has 2 aromatic carbocycles. The van der Waals surface area contributed by atoms with Gasteiger partial charge in [0.1, 0.15) is 0 Å². The molecule has 0 radical (unpaired) electrons. The zero-order valence-corrected chi connectivity index (χ0v) is 15.2. The number of amides is 2. The third-order valence-corrected chi connectivity index (χ3v) is 4.84. The molecule has 2 N–H and O–H groups in total. The molecule has 2 atom stereocenters. The third-order valence-electron chi connectivity index (χ3n) is 4.84. The molecule has 136 valence electrons. The highest BCUT2D eigenvalue weighted by Gasteiger charge is 2.47. The van der Waals surface area contributed by atoms with Crippen LogP contribution in [-0.4, -0.2) is 18.4 Å². The maximum Gasteiger partial charge on any atom is 0.224 e. The van der Waals surface area contributed by atoms with Gasteiger partial charge in [0.2, 0.25) is 11.8 Å². The summed E-state index contributed by atoms with van der Waals surface area (Å²) in [5, 5.41) is 5.90. The van der Waals surface area contributed by atoms with Crippen molar-refractivity contribution in [1.29, 1.82) is 0 Å². The maximum atomic E-state index is 12.2. The average molecular weight is 350 g/mol. The molecule has 1 aliphatic rings. The predicted molar refractivity (Wildman–Crippen MR) is 102 cm³/mol. The summed E-state index contributed by atoms with van der Waals surface area (Å²) in [5.74, 6) is -0.345.